The summed E-state index contributed by atoms with van der Waals surface area (Å²) in [7, 11) is 3.38. The van der Waals surface area contributed by atoms with Crippen LogP contribution >= 0.6 is 0 Å². The Morgan fingerprint density at radius 3 is 2.55 bits per heavy atom. The fourth-order valence-corrected chi connectivity index (χ4v) is 2.34. The van der Waals surface area contributed by atoms with E-state index < -0.39 is 0 Å². The third kappa shape index (κ3) is 3.09. The van der Waals surface area contributed by atoms with Crippen LogP contribution in [-0.4, -0.2) is 14.2 Å². The van der Waals surface area contributed by atoms with Crippen molar-refractivity contribution in [2.45, 2.75) is 13.5 Å². The van der Waals surface area contributed by atoms with Crippen molar-refractivity contribution in [3.63, 3.8) is 0 Å². The maximum atomic E-state index is 5.30. The molecule has 2 heteroatoms. The molecule has 104 valence electrons. The molecule has 0 saturated heterocycles. The Bertz CT molecular complexity index is 615. The largest absolute Gasteiger partial charge is 0.497 e. The zero-order chi connectivity index (χ0) is 14.5. The molecule has 0 fully saturated rings. The van der Waals surface area contributed by atoms with Gasteiger partial charge in [0.25, 0.3) is 0 Å². The highest BCUT2D eigenvalue weighted by molar-refractivity contribution is 5.71. The lowest BCUT2D eigenvalue weighted by Crippen LogP contribution is -1.95. The van der Waals surface area contributed by atoms with Crippen LogP contribution in [0.1, 0.15) is 16.7 Å². The number of aryl methyl sites for hydroxylation is 1. The molecule has 0 saturated carbocycles. The minimum absolute atomic E-state index is 0.559. The standard InChI is InChI=1S/C18H20O2/c1-5-14-8-13(2)9-15(10-14)18-7-6-17(20-4)11-16(18)12-19-3/h5-11H,1,12H2,2-4H3. The minimum Gasteiger partial charge on any atom is -0.497 e. The lowest BCUT2D eigenvalue weighted by molar-refractivity contribution is 0.185. The highest BCUT2D eigenvalue weighted by Gasteiger charge is 2.08. The Morgan fingerprint density at radius 2 is 1.90 bits per heavy atom. The van der Waals surface area contributed by atoms with Crippen LogP contribution in [0.15, 0.2) is 43.0 Å². The zero-order valence-corrected chi connectivity index (χ0v) is 12.3. The Balaban J connectivity index is 2.55. The average molecular weight is 268 g/mol. The zero-order valence-electron chi connectivity index (χ0n) is 12.3. The lowest BCUT2D eigenvalue weighted by atomic mass is 9.96. The molecule has 20 heavy (non-hydrogen) atoms. The van der Waals surface area contributed by atoms with Crippen LogP contribution in [-0.2, 0) is 11.3 Å². The second-order valence-electron chi connectivity index (χ2n) is 4.79. The second kappa shape index (κ2) is 6.40. The van der Waals surface area contributed by atoms with Crippen molar-refractivity contribution in [2.24, 2.45) is 0 Å². The summed E-state index contributed by atoms with van der Waals surface area (Å²) in [6, 6.07) is 12.5. The second-order valence-corrected chi connectivity index (χ2v) is 4.79. The van der Waals surface area contributed by atoms with Gasteiger partial charge in [-0.05, 0) is 52.9 Å². The van der Waals surface area contributed by atoms with Gasteiger partial charge in [0.05, 0.1) is 13.7 Å². The summed E-state index contributed by atoms with van der Waals surface area (Å²) in [6.07, 6.45) is 1.87. The van der Waals surface area contributed by atoms with Gasteiger partial charge in [-0.15, -0.1) is 0 Å². The van der Waals surface area contributed by atoms with Gasteiger partial charge in [-0.3, -0.25) is 0 Å². The van der Waals surface area contributed by atoms with Crippen molar-refractivity contribution in [1.82, 2.24) is 0 Å². The van der Waals surface area contributed by atoms with Gasteiger partial charge < -0.3 is 9.47 Å². The smallest absolute Gasteiger partial charge is 0.119 e. The van der Waals surface area contributed by atoms with E-state index in [4.69, 9.17) is 9.47 Å². The van der Waals surface area contributed by atoms with Crippen molar-refractivity contribution in [2.75, 3.05) is 14.2 Å². The summed E-state index contributed by atoms with van der Waals surface area (Å²) in [5, 5.41) is 0. The molecule has 0 N–H and O–H groups in total. The van der Waals surface area contributed by atoms with E-state index in [0.717, 1.165) is 16.9 Å². The van der Waals surface area contributed by atoms with E-state index in [1.54, 1.807) is 14.2 Å². The van der Waals surface area contributed by atoms with E-state index >= 15 is 0 Å². The highest BCUT2D eigenvalue weighted by atomic mass is 16.5. The van der Waals surface area contributed by atoms with Crippen molar-refractivity contribution >= 4 is 6.08 Å². The summed E-state index contributed by atoms with van der Waals surface area (Å²) in [5.74, 6) is 0.845. The molecule has 0 aliphatic carbocycles. The van der Waals surface area contributed by atoms with Crippen molar-refractivity contribution in [3.05, 3.63) is 59.7 Å². The number of benzene rings is 2. The van der Waals surface area contributed by atoms with Crippen LogP contribution in [0.25, 0.3) is 17.2 Å². The van der Waals surface area contributed by atoms with Gasteiger partial charge in [0.15, 0.2) is 0 Å². The molecule has 0 radical (unpaired) electrons. The van der Waals surface area contributed by atoms with E-state index in [0.29, 0.717) is 6.61 Å². The molecule has 0 heterocycles. The molecule has 0 amide bonds. The van der Waals surface area contributed by atoms with Gasteiger partial charge in [-0.25, -0.2) is 0 Å². The average Bonchev–Trinajstić information content (AvgIpc) is 2.46. The summed E-state index contributed by atoms with van der Waals surface area (Å²) >= 11 is 0. The summed E-state index contributed by atoms with van der Waals surface area (Å²) < 4.78 is 10.6. The van der Waals surface area contributed by atoms with Crippen molar-refractivity contribution in [3.8, 4) is 16.9 Å². The van der Waals surface area contributed by atoms with E-state index in [1.807, 2.05) is 18.2 Å². The summed E-state index contributed by atoms with van der Waals surface area (Å²) in [5.41, 5.74) is 5.80. The monoisotopic (exact) mass is 268 g/mol. The molecule has 0 aromatic heterocycles. The fourth-order valence-electron chi connectivity index (χ4n) is 2.34. The van der Waals surface area contributed by atoms with E-state index in [9.17, 15) is 0 Å². The van der Waals surface area contributed by atoms with Crippen LogP contribution in [0.2, 0.25) is 0 Å². The molecule has 2 rings (SSSR count). The van der Waals surface area contributed by atoms with Crippen molar-refractivity contribution < 1.29 is 9.47 Å². The molecule has 0 atom stereocenters. The fraction of sp³-hybridized carbons (Fsp3) is 0.222. The van der Waals surface area contributed by atoms with E-state index in [2.05, 4.69) is 37.8 Å². The Labute approximate surface area is 120 Å². The molecule has 0 spiro atoms. The van der Waals surface area contributed by atoms with Crippen LogP contribution in [0.5, 0.6) is 5.75 Å². The molecular weight excluding hydrogens is 248 g/mol. The summed E-state index contributed by atoms with van der Waals surface area (Å²) in [6.45, 7) is 6.50. The van der Waals surface area contributed by atoms with Crippen LogP contribution in [0.3, 0.4) is 0 Å². The van der Waals surface area contributed by atoms with E-state index in [-0.39, 0.29) is 0 Å². The molecule has 2 aromatic carbocycles. The van der Waals surface area contributed by atoms with E-state index in [1.165, 1.54) is 16.7 Å². The van der Waals surface area contributed by atoms with Crippen LogP contribution in [0, 0.1) is 6.92 Å². The van der Waals surface area contributed by atoms with Crippen LogP contribution < -0.4 is 4.74 Å². The van der Waals surface area contributed by atoms with Gasteiger partial charge in [0.1, 0.15) is 5.75 Å². The topological polar surface area (TPSA) is 18.5 Å². The highest BCUT2D eigenvalue weighted by Crippen LogP contribution is 2.29. The molecule has 2 nitrogen and oxygen atoms in total. The number of hydrogen-bond acceptors (Lipinski definition) is 2. The lowest BCUT2D eigenvalue weighted by Gasteiger charge is -2.12. The van der Waals surface area contributed by atoms with Gasteiger partial charge in [-0.1, -0.05) is 30.9 Å². The Hall–Kier alpha value is -2.06. The summed E-state index contributed by atoms with van der Waals surface area (Å²) in [4.78, 5) is 0. The quantitative estimate of drug-likeness (QED) is 0.797. The third-order valence-corrected chi connectivity index (χ3v) is 3.26. The Kier molecular flexibility index (Phi) is 4.59. The number of hydrogen-bond donors (Lipinski definition) is 0. The maximum absolute atomic E-state index is 5.30. The molecule has 0 aliphatic rings. The Morgan fingerprint density at radius 1 is 1.10 bits per heavy atom. The third-order valence-electron chi connectivity index (χ3n) is 3.26. The normalized spacial score (nSPS) is 10.3. The number of ether oxygens (including phenoxy) is 2. The van der Waals surface area contributed by atoms with Gasteiger partial charge in [0.2, 0.25) is 0 Å². The molecule has 0 aliphatic heterocycles. The number of methoxy groups -OCH3 is 2. The predicted octanol–water partition coefficient (Wildman–Crippen LogP) is 4.46. The van der Waals surface area contributed by atoms with Crippen LogP contribution in [0.4, 0.5) is 0 Å². The number of rotatable bonds is 5. The minimum atomic E-state index is 0.559. The predicted molar refractivity (Wildman–Crippen MR) is 84.0 cm³/mol. The van der Waals surface area contributed by atoms with Gasteiger partial charge in [0, 0.05) is 7.11 Å². The molecule has 0 bridgehead atoms. The molecule has 2 aromatic rings. The first-order valence-corrected chi connectivity index (χ1v) is 6.58. The molecular formula is C18H20O2. The first kappa shape index (κ1) is 14.4. The maximum Gasteiger partial charge on any atom is 0.119 e. The molecule has 0 unspecified atom stereocenters. The van der Waals surface area contributed by atoms with Gasteiger partial charge >= 0.3 is 0 Å². The first-order valence-electron chi connectivity index (χ1n) is 6.58. The SMILES string of the molecule is C=Cc1cc(C)cc(-c2ccc(OC)cc2COC)c1. The van der Waals surface area contributed by atoms with Crippen molar-refractivity contribution in [1.29, 1.82) is 0 Å². The van der Waals surface area contributed by atoms with Gasteiger partial charge in [-0.2, -0.15) is 0 Å². The first-order chi connectivity index (χ1) is 9.67.